The Labute approximate surface area is 197 Å². The van der Waals surface area contributed by atoms with E-state index in [4.69, 9.17) is 4.52 Å². The molecule has 176 valence electrons. The molecule has 0 saturated carbocycles. The summed E-state index contributed by atoms with van der Waals surface area (Å²) >= 11 is 0. The van der Waals surface area contributed by atoms with Gasteiger partial charge in [0.05, 0.1) is 28.4 Å². The highest BCUT2D eigenvalue weighted by molar-refractivity contribution is 6.04. The summed E-state index contributed by atoms with van der Waals surface area (Å²) in [6.07, 6.45) is 0.580. The van der Waals surface area contributed by atoms with Crippen LogP contribution in [0, 0.1) is 0 Å². The number of benzene rings is 1. The van der Waals surface area contributed by atoms with Crippen LogP contribution in [-0.4, -0.2) is 31.6 Å². The zero-order valence-corrected chi connectivity index (χ0v) is 18.5. The summed E-state index contributed by atoms with van der Waals surface area (Å²) in [5.74, 6) is -0.0946. The number of fused-ring (bicyclic) bond motifs is 1. The van der Waals surface area contributed by atoms with Crippen molar-refractivity contribution >= 4 is 17.2 Å². The van der Waals surface area contributed by atoms with Crippen LogP contribution in [0.3, 0.4) is 0 Å². The molecule has 0 spiro atoms. The molecule has 0 amide bonds. The Hall–Kier alpha value is -4.21. The Morgan fingerprint density at radius 2 is 2.00 bits per heavy atom. The molecule has 4 heterocycles. The molecule has 7 nitrogen and oxygen atoms in total. The van der Waals surface area contributed by atoms with Crippen molar-refractivity contribution in [3.63, 3.8) is 0 Å². The van der Waals surface area contributed by atoms with Crippen molar-refractivity contribution in [2.45, 2.75) is 31.9 Å². The molecular weight excluding hydrogens is 459 g/mol. The van der Waals surface area contributed by atoms with Crippen LogP contribution in [0.15, 0.2) is 70.7 Å². The normalized spacial score (nSPS) is 13.9. The number of hydrogen-bond acceptors (Lipinski definition) is 7. The number of hydrogen-bond donors (Lipinski definition) is 0. The fourth-order valence-corrected chi connectivity index (χ4v) is 3.85. The van der Waals surface area contributed by atoms with E-state index in [-0.39, 0.29) is 30.2 Å². The maximum Gasteiger partial charge on any atom is 0.416 e. The van der Waals surface area contributed by atoms with E-state index >= 15 is 0 Å². The number of ketones is 1. The lowest BCUT2D eigenvalue weighted by Crippen LogP contribution is -2.08. The van der Waals surface area contributed by atoms with Gasteiger partial charge in [-0.2, -0.15) is 13.2 Å². The van der Waals surface area contributed by atoms with Gasteiger partial charge in [0.15, 0.2) is 11.5 Å². The number of halogens is 3. The second kappa shape index (κ2) is 8.86. The van der Waals surface area contributed by atoms with Gasteiger partial charge in [0.25, 0.3) is 0 Å². The van der Waals surface area contributed by atoms with E-state index in [0.29, 0.717) is 34.1 Å². The predicted molar refractivity (Wildman–Crippen MR) is 120 cm³/mol. The van der Waals surface area contributed by atoms with Gasteiger partial charge in [0, 0.05) is 42.8 Å². The van der Waals surface area contributed by atoms with E-state index in [0.717, 1.165) is 17.7 Å². The summed E-state index contributed by atoms with van der Waals surface area (Å²) in [4.78, 5) is 29.6. The van der Waals surface area contributed by atoms with Crippen LogP contribution in [0.4, 0.5) is 18.9 Å². The molecule has 0 unspecified atom stereocenters. The molecule has 1 aromatic carbocycles. The highest BCUT2D eigenvalue weighted by atomic mass is 19.4. The number of aromatic nitrogens is 4. The number of carbonyl (C=O) groups is 1. The van der Waals surface area contributed by atoms with Crippen molar-refractivity contribution in [2.24, 2.45) is 4.99 Å². The molecule has 1 aliphatic rings. The van der Waals surface area contributed by atoms with Gasteiger partial charge in [0.1, 0.15) is 12.0 Å². The van der Waals surface area contributed by atoms with E-state index in [1.165, 1.54) is 12.4 Å². The Morgan fingerprint density at radius 3 is 2.77 bits per heavy atom. The number of alkyl halides is 3. The Morgan fingerprint density at radius 1 is 1.14 bits per heavy atom. The summed E-state index contributed by atoms with van der Waals surface area (Å²) in [6.45, 7) is 1.84. The number of rotatable bonds is 6. The smallest absolute Gasteiger partial charge is 0.355 e. The van der Waals surface area contributed by atoms with Crippen LogP contribution < -0.4 is 0 Å². The standard InChI is InChI=1S/C25H18F3N5O2/c1-14(7-23(34)21-10-20(30-13-31-21)15-3-2-6-29-12-15)19-11-24(35-33-19)22-9-16-8-17(25(26,27)28)4-5-18(16)32-22/h2-6,8,10-14H,7,9H2,1H3/t14-/m0/s1. The molecule has 0 fully saturated rings. The number of pyridine rings is 1. The molecule has 3 aromatic heterocycles. The van der Waals surface area contributed by atoms with Crippen LogP contribution in [0.25, 0.3) is 11.3 Å². The number of nitrogens with zero attached hydrogens (tertiary/aromatic N) is 5. The van der Waals surface area contributed by atoms with Gasteiger partial charge in [-0.25, -0.2) is 15.0 Å². The quantitative estimate of drug-likeness (QED) is 0.336. The third kappa shape index (κ3) is 4.72. The molecule has 0 bridgehead atoms. The van der Waals surface area contributed by atoms with Gasteiger partial charge in [0.2, 0.25) is 0 Å². The van der Waals surface area contributed by atoms with Gasteiger partial charge in [-0.1, -0.05) is 12.1 Å². The second-order valence-corrected chi connectivity index (χ2v) is 8.25. The molecular formula is C25H18F3N5O2. The van der Waals surface area contributed by atoms with Crippen molar-refractivity contribution in [2.75, 3.05) is 0 Å². The topological polar surface area (TPSA) is 94.1 Å². The first-order valence-electron chi connectivity index (χ1n) is 10.8. The lowest BCUT2D eigenvalue weighted by molar-refractivity contribution is -0.137. The maximum absolute atomic E-state index is 13.0. The van der Waals surface area contributed by atoms with E-state index < -0.39 is 11.7 Å². The molecule has 1 atom stereocenters. The van der Waals surface area contributed by atoms with Gasteiger partial charge in [-0.15, -0.1) is 0 Å². The fraction of sp³-hybridized carbons (Fsp3) is 0.200. The van der Waals surface area contributed by atoms with Crippen LogP contribution in [0.5, 0.6) is 0 Å². The van der Waals surface area contributed by atoms with E-state index in [9.17, 15) is 18.0 Å². The first-order chi connectivity index (χ1) is 16.8. The Bertz CT molecular complexity index is 1430. The van der Waals surface area contributed by atoms with Crippen LogP contribution in [0.2, 0.25) is 0 Å². The number of aliphatic imine (C=N–C) groups is 1. The summed E-state index contributed by atoms with van der Waals surface area (Å²) in [5, 5.41) is 4.06. The van der Waals surface area contributed by atoms with Crippen molar-refractivity contribution in [3.8, 4) is 11.3 Å². The van der Waals surface area contributed by atoms with Crippen molar-refractivity contribution in [3.05, 3.63) is 89.5 Å². The van der Waals surface area contributed by atoms with Crippen molar-refractivity contribution in [1.29, 1.82) is 0 Å². The zero-order valence-electron chi connectivity index (χ0n) is 18.5. The summed E-state index contributed by atoms with van der Waals surface area (Å²) in [6, 6.07) is 10.4. The average molecular weight is 477 g/mol. The zero-order chi connectivity index (χ0) is 24.6. The van der Waals surface area contributed by atoms with Gasteiger partial charge in [-0.05, 0) is 42.0 Å². The molecule has 0 radical (unpaired) electrons. The lowest BCUT2D eigenvalue weighted by Gasteiger charge is -2.07. The molecule has 0 saturated heterocycles. The maximum atomic E-state index is 13.0. The fourth-order valence-electron chi connectivity index (χ4n) is 3.85. The molecule has 0 aliphatic carbocycles. The van der Waals surface area contributed by atoms with E-state index in [1.54, 1.807) is 30.6 Å². The van der Waals surface area contributed by atoms with Gasteiger partial charge < -0.3 is 4.52 Å². The molecule has 0 N–H and O–H groups in total. The van der Waals surface area contributed by atoms with Crippen molar-refractivity contribution < 1.29 is 22.5 Å². The summed E-state index contributed by atoms with van der Waals surface area (Å²) < 4.78 is 44.4. The highest BCUT2D eigenvalue weighted by Crippen LogP contribution is 2.36. The minimum absolute atomic E-state index is 0.136. The van der Waals surface area contributed by atoms with Crippen LogP contribution in [-0.2, 0) is 12.6 Å². The lowest BCUT2D eigenvalue weighted by atomic mass is 9.98. The van der Waals surface area contributed by atoms with Crippen LogP contribution >= 0.6 is 0 Å². The number of carbonyl (C=O) groups excluding carboxylic acids is 1. The Kier molecular flexibility index (Phi) is 5.72. The molecule has 1 aliphatic heterocycles. The number of Topliss-reactive ketones (excluding diaryl/α,β-unsaturated/α-hetero) is 1. The van der Waals surface area contributed by atoms with Crippen molar-refractivity contribution in [1.82, 2.24) is 20.1 Å². The summed E-state index contributed by atoms with van der Waals surface area (Å²) in [5.41, 5.74) is 2.93. The average Bonchev–Trinajstić information content (AvgIpc) is 3.51. The molecule has 4 aromatic rings. The Balaban J connectivity index is 1.28. The third-order valence-corrected chi connectivity index (χ3v) is 5.74. The minimum atomic E-state index is -4.42. The predicted octanol–water partition coefficient (Wildman–Crippen LogP) is 5.60. The monoisotopic (exact) mass is 477 g/mol. The van der Waals surface area contributed by atoms with Gasteiger partial charge >= 0.3 is 6.18 Å². The minimum Gasteiger partial charge on any atom is -0.355 e. The first kappa shape index (κ1) is 22.6. The molecule has 5 rings (SSSR count). The van der Waals surface area contributed by atoms with E-state index in [2.05, 4.69) is 25.1 Å². The molecule has 10 heteroatoms. The summed E-state index contributed by atoms with van der Waals surface area (Å²) in [7, 11) is 0. The van der Waals surface area contributed by atoms with Gasteiger partial charge in [-0.3, -0.25) is 9.78 Å². The highest BCUT2D eigenvalue weighted by Gasteiger charge is 2.32. The third-order valence-electron chi connectivity index (χ3n) is 5.74. The van der Waals surface area contributed by atoms with E-state index in [1.807, 2.05) is 13.0 Å². The largest absolute Gasteiger partial charge is 0.416 e. The van der Waals surface area contributed by atoms with Crippen LogP contribution in [0.1, 0.15) is 52.3 Å². The molecule has 35 heavy (non-hydrogen) atoms. The SMILES string of the molecule is C[C@@H](CC(=O)c1cc(-c2cccnc2)ncn1)c1cc(C2=Nc3ccc(C(F)(F)F)cc3C2)on1. The second-order valence-electron chi connectivity index (χ2n) is 8.25. The first-order valence-corrected chi connectivity index (χ1v) is 10.8.